The maximum atomic E-state index is 12.6. The molecule has 3 N–H and O–H groups in total. The fourth-order valence-corrected chi connectivity index (χ4v) is 3.58. The van der Waals surface area contributed by atoms with E-state index < -0.39 is 17.4 Å². The monoisotopic (exact) mass is 449 g/mol. The molecule has 9 heteroatoms. The predicted molar refractivity (Wildman–Crippen MR) is 127 cm³/mol. The molecule has 4 rings (SSSR count). The van der Waals surface area contributed by atoms with Crippen LogP contribution in [0.5, 0.6) is 5.75 Å². The molecule has 4 aromatic rings. The number of nitrogens with zero attached hydrogens (tertiary/aromatic N) is 3. The lowest BCUT2D eigenvalue weighted by Gasteiger charge is -2.16. The first-order valence-corrected chi connectivity index (χ1v) is 10.7. The quantitative estimate of drug-likeness (QED) is 0.380. The van der Waals surface area contributed by atoms with Crippen molar-refractivity contribution < 1.29 is 9.84 Å². The maximum Gasteiger partial charge on any atom is 0.329 e. The Labute approximate surface area is 190 Å². The van der Waals surface area contributed by atoms with Crippen molar-refractivity contribution >= 4 is 17.1 Å². The van der Waals surface area contributed by atoms with Crippen LogP contribution < -0.4 is 21.3 Å². The Bertz CT molecular complexity index is 1390. The number of H-pyrrole nitrogens is 1. The van der Waals surface area contributed by atoms with Crippen molar-refractivity contribution in [3.8, 4) is 5.75 Å². The van der Waals surface area contributed by atoms with Crippen LogP contribution in [-0.2, 0) is 20.1 Å². The molecule has 9 nitrogen and oxygen atoms in total. The number of ether oxygens (including phenoxy) is 1. The Morgan fingerprint density at radius 1 is 1.12 bits per heavy atom. The van der Waals surface area contributed by atoms with E-state index in [9.17, 15) is 14.7 Å². The van der Waals surface area contributed by atoms with Crippen LogP contribution in [0.15, 0.2) is 58.1 Å². The normalized spacial score (nSPS) is 12.1. The van der Waals surface area contributed by atoms with Crippen LogP contribution in [-0.4, -0.2) is 36.9 Å². The van der Waals surface area contributed by atoms with Gasteiger partial charge in [0.15, 0.2) is 11.2 Å². The van der Waals surface area contributed by atoms with Gasteiger partial charge in [0, 0.05) is 13.6 Å². The fraction of sp³-hybridized carbons (Fsp3) is 0.292. The average molecular weight is 450 g/mol. The molecule has 0 aliphatic rings. The molecule has 2 aromatic heterocycles. The van der Waals surface area contributed by atoms with Crippen LogP contribution in [0.3, 0.4) is 0 Å². The molecule has 0 spiro atoms. The maximum absolute atomic E-state index is 12.6. The third-order valence-corrected chi connectivity index (χ3v) is 5.61. The molecule has 172 valence electrons. The van der Waals surface area contributed by atoms with Crippen molar-refractivity contribution in [1.82, 2.24) is 19.1 Å². The average Bonchev–Trinajstić information content (AvgIpc) is 3.16. The number of aromatic nitrogens is 4. The van der Waals surface area contributed by atoms with Crippen molar-refractivity contribution in [2.45, 2.75) is 33.0 Å². The lowest BCUT2D eigenvalue weighted by Crippen LogP contribution is -2.31. The molecule has 0 saturated carbocycles. The van der Waals surface area contributed by atoms with Gasteiger partial charge in [-0.2, -0.15) is 4.98 Å². The van der Waals surface area contributed by atoms with Gasteiger partial charge in [0.2, 0.25) is 5.95 Å². The molecule has 0 amide bonds. The number of aryl methyl sites for hydroxylation is 3. The minimum atomic E-state index is -0.919. The standard InChI is InChI=1S/C24H27N5O4/c1-15-9-10-19(11-16(15)2)33-14-18(30)13-29-20-21(28(3)24(32)27-22(20)31)26-23(29)25-12-17-7-5-4-6-8-17/h4-11,18,30H,12-14H2,1-3H3,(H,25,26)(H,27,31,32). The van der Waals surface area contributed by atoms with Crippen molar-refractivity contribution in [3.05, 3.63) is 86.1 Å². The summed E-state index contributed by atoms with van der Waals surface area (Å²) < 4.78 is 8.63. The minimum absolute atomic E-state index is 0.0317. The Balaban J connectivity index is 1.61. The molecule has 1 atom stereocenters. The van der Waals surface area contributed by atoms with Crippen molar-refractivity contribution in [1.29, 1.82) is 0 Å². The smallest absolute Gasteiger partial charge is 0.329 e. The van der Waals surface area contributed by atoms with E-state index in [2.05, 4.69) is 15.3 Å². The van der Waals surface area contributed by atoms with Crippen molar-refractivity contribution in [2.75, 3.05) is 11.9 Å². The summed E-state index contributed by atoms with van der Waals surface area (Å²) in [5, 5.41) is 13.9. The molecule has 0 aliphatic carbocycles. The summed E-state index contributed by atoms with van der Waals surface area (Å²) in [6.07, 6.45) is -0.919. The Morgan fingerprint density at radius 2 is 1.88 bits per heavy atom. The lowest BCUT2D eigenvalue weighted by molar-refractivity contribution is 0.0938. The first-order valence-electron chi connectivity index (χ1n) is 10.7. The summed E-state index contributed by atoms with van der Waals surface area (Å²) in [7, 11) is 1.54. The Morgan fingerprint density at radius 3 is 2.61 bits per heavy atom. The first kappa shape index (κ1) is 22.3. The second kappa shape index (κ2) is 9.33. The van der Waals surface area contributed by atoms with E-state index in [1.54, 1.807) is 4.57 Å². The molecule has 2 heterocycles. The molecule has 2 aromatic carbocycles. The van der Waals surface area contributed by atoms with E-state index in [1.165, 1.54) is 11.6 Å². The highest BCUT2D eigenvalue weighted by molar-refractivity contribution is 5.74. The first-order chi connectivity index (χ1) is 15.8. The number of hydrogen-bond donors (Lipinski definition) is 3. The van der Waals surface area contributed by atoms with Crippen LogP contribution in [0.25, 0.3) is 11.2 Å². The molecule has 0 radical (unpaired) electrons. The number of nitrogens with one attached hydrogen (secondary N) is 2. The number of hydrogen-bond acceptors (Lipinski definition) is 6. The zero-order valence-corrected chi connectivity index (χ0v) is 18.8. The topological polar surface area (TPSA) is 114 Å². The van der Waals surface area contributed by atoms with Crippen LogP contribution >= 0.6 is 0 Å². The van der Waals surface area contributed by atoms with Gasteiger partial charge in [-0.15, -0.1) is 0 Å². The number of benzene rings is 2. The highest BCUT2D eigenvalue weighted by atomic mass is 16.5. The summed E-state index contributed by atoms with van der Waals surface area (Å²) in [5.74, 6) is 1.04. The summed E-state index contributed by atoms with van der Waals surface area (Å²) in [6.45, 7) is 4.57. The third kappa shape index (κ3) is 4.83. The molecule has 0 bridgehead atoms. The number of aromatic amines is 1. The molecule has 1 unspecified atom stereocenters. The van der Waals surface area contributed by atoms with E-state index >= 15 is 0 Å². The molecule has 33 heavy (non-hydrogen) atoms. The van der Waals surface area contributed by atoms with E-state index in [4.69, 9.17) is 4.74 Å². The summed E-state index contributed by atoms with van der Waals surface area (Å²) in [5.41, 5.74) is 2.62. The number of imidazole rings is 1. The molecular weight excluding hydrogens is 422 g/mol. The summed E-state index contributed by atoms with van der Waals surface area (Å²) in [4.78, 5) is 31.5. The van der Waals surface area contributed by atoms with E-state index in [1.807, 2.05) is 62.4 Å². The lowest BCUT2D eigenvalue weighted by atomic mass is 10.1. The molecule has 0 saturated heterocycles. The van der Waals surface area contributed by atoms with E-state index in [0.29, 0.717) is 18.2 Å². The van der Waals surface area contributed by atoms with Crippen LogP contribution in [0.2, 0.25) is 0 Å². The van der Waals surface area contributed by atoms with E-state index in [0.717, 1.165) is 16.7 Å². The Hall–Kier alpha value is -3.85. The van der Waals surface area contributed by atoms with Gasteiger partial charge in [-0.05, 0) is 42.7 Å². The highest BCUT2D eigenvalue weighted by Crippen LogP contribution is 2.19. The largest absolute Gasteiger partial charge is 0.491 e. The minimum Gasteiger partial charge on any atom is -0.491 e. The summed E-state index contributed by atoms with van der Waals surface area (Å²) in [6, 6.07) is 15.5. The van der Waals surface area contributed by atoms with Gasteiger partial charge in [-0.25, -0.2) is 4.79 Å². The Kier molecular flexibility index (Phi) is 6.32. The number of fused-ring (bicyclic) bond motifs is 1. The van der Waals surface area contributed by atoms with Crippen molar-refractivity contribution in [3.63, 3.8) is 0 Å². The van der Waals surface area contributed by atoms with Gasteiger partial charge >= 0.3 is 5.69 Å². The van der Waals surface area contributed by atoms with Crippen LogP contribution in [0.4, 0.5) is 5.95 Å². The van der Waals surface area contributed by atoms with Gasteiger partial charge in [0.05, 0.1) is 6.54 Å². The van der Waals surface area contributed by atoms with Gasteiger partial charge in [-0.3, -0.25) is 14.3 Å². The summed E-state index contributed by atoms with van der Waals surface area (Å²) >= 11 is 0. The predicted octanol–water partition coefficient (Wildman–Crippen LogP) is 2.09. The van der Waals surface area contributed by atoms with Gasteiger partial charge in [-0.1, -0.05) is 36.4 Å². The van der Waals surface area contributed by atoms with Crippen molar-refractivity contribution in [2.24, 2.45) is 7.05 Å². The SMILES string of the molecule is Cc1ccc(OCC(O)Cn2c(NCc3ccccc3)nc3c2c(=O)[nH]c(=O)n3C)cc1C. The zero-order valence-electron chi connectivity index (χ0n) is 18.8. The number of aliphatic hydroxyl groups excluding tert-OH is 1. The second-order valence-electron chi connectivity index (χ2n) is 8.09. The van der Waals surface area contributed by atoms with Gasteiger partial charge in [0.1, 0.15) is 18.5 Å². The fourth-order valence-electron chi connectivity index (χ4n) is 3.58. The van der Waals surface area contributed by atoms with Crippen LogP contribution in [0.1, 0.15) is 16.7 Å². The second-order valence-corrected chi connectivity index (χ2v) is 8.09. The van der Waals surface area contributed by atoms with E-state index in [-0.39, 0.29) is 24.3 Å². The number of aliphatic hydroxyl groups is 1. The highest BCUT2D eigenvalue weighted by Gasteiger charge is 2.20. The van der Waals surface area contributed by atoms with Gasteiger partial charge < -0.3 is 19.7 Å². The molecule has 0 fully saturated rings. The zero-order chi connectivity index (χ0) is 23.5. The molecule has 0 aliphatic heterocycles. The number of rotatable bonds is 8. The third-order valence-electron chi connectivity index (χ3n) is 5.61. The van der Waals surface area contributed by atoms with Crippen LogP contribution in [0, 0.1) is 13.8 Å². The molecular formula is C24H27N5O4. The van der Waals surface area contributed by atoms with Gasteiger partial charge in [0.25, 0.3) is 5.56 Å². The number of anilines is 1.